The van der Waals surface area contributed by atoms with Crippen molar-refractivity contribution in [2.45, 2.75) is 19.3 Å². The number of benzene rings is 2. The van der Waals surface area contributed by atoms with Gasteiger partial charge in [-0.2, -0.15) is 0 Å². The minimum absolute atomic E-state index is 0.389. The van der Waals surface area contributed by atoms with Crippen LogP contribution in [0.2, 0.25) is 0 Å². The zero-order valence-electron chi connectivity index (χ0n) is 10.4. The second-order valence-corrected chi connectivity index (χ2v) is 5.21. The fourth-order valence-electron chi connectivity index (χ4n) is 3.27. The Morgan fingerprint density at radius 1 is 0.842 bits per heavy atom. The summed E-state index contributed by atoms with van der Waals surface area (Å²) in [6.07, 6.45) is 6.64. The third-order valence-corrected chi connectivity index (χ3v) is 4.19. The minimum Gasteiger partial charge on any atom is -0.286 e. The van der Waals surface area contributed by atoms with E-state index in [4.69, 9.17) is 0 Å². The third kappa shape index (κ3) is 1.37. The molecule has 0 radical (unpaired) electrons. The summed E-state index contributed by atoms with van der Waals surface area (Å²) in [5.74, 6) is -0.812. The summed E-state index contributed by atoms with van der Waals surface area (Å²) < 4.78 is 0. The number of ketones is 2. The van der Waals surface area contributed by atoms with E-state index in [9.17, 15) is 9.59 Å². The topological polar surface area (TPSA) is 34.1 Å². The number of allylic oxidation sites excluding steroid dienone is 1. The van der Waals surface area contributed by atoms with Gasteiger partial charge in [0.05, 0.1) is 0 Å². The molecular formula is C17H12O2. The summed E-state index contributed by atoms with van der Waals surface area (Å²) >= 11 is 0. The molecule has 0 bridgehead atoms. The van der Waals surface area contributed by atoms with Crippen LogP contribution in [0.25, 0.3) is 16.8 Å². The molecule has 0 aromatic heterocycles. The maximum atomic E-state index is 11.9. The second-order valence-electron chi connectivity index (χ2n) is 5.21. The van der Waals surface area contributed by atoms with Gasteiger partial charge in [-0.15, -0.1) is 0 Å². The Kier molecular flexibility index (Phi) is 2.05. The molecule has 0 aliphatic heterocycles. The highest BCUT2D eigenvalue weighted by molar-refractivity contribution is 6.50. The van der Waals surface area contributed by atoms with Crippen LogP contribution < -0.4 is 0 Å². The highest BCUT2D eigenvalue weighted by Gasteiger charge is 2.23. The van der Waals surface area contributed by atoms with Crippen LogP contribution in [0.15, 0.2) is 30.3 Å². The SMILES string of the molecule is O=C1C=Cc2c(ccc3c4c(ccc23)CCC4)C1=O. The highest BCUT2D eigenvalue weighted by atomic mass is 16.2. The first-order valence-corrected chi connectivity index (χ1v) is 6.60. The molecule has 2 nitrogen and oxygen atoms in total. The molecule has 0 fully saturated rings. The molecular weight excluding hydrogens is 236 g/mol. The van der Waals surface area contributed by atoms with Crippen LogP contribution in [0, 0.1) is 0 Å². The van der Waals surface area contributed by atoms with Crippen LogP contribution in [0.5, 0.6) is 0 Å². The summed E-state index contributed by atoms with van der Waals surface area (Å²) in [6.45, 7) is 0. The normalized spacial score (nSPS) is 16.8. The maximum absolute atomic E-state index is 11.9. The van der Waals surface area contributed by atoms with Crippen molar-refractivity contribution in [1.82, 2.24) is 0 Å². The van der Waals surface area contributed by atoms with Crippen molar-refractivity contribution in [1.29, 1.82) is 0 Å². The molecule has 0 amide bonds. The number of aryl methyl sites for hydroxylation is 2. The molecule has 92 valence electrons. The van der Waals surface area contributed by atoms with E-state index in [1.807, 2.05) is 6.07 Å². The van der Waals surface area contributed by atoms with E-state index in [1.165, 1.54) is 29.0 Å². The van der Waals surface area contributed by atoms with Gasteiger partial charge in [-0.25, -0.2) is 0 Å². The fourth-order valence-corrected chi connectivity index (χ4v) is 3.27. The van der Waals surface area contributed by atoms with Gasteiger partial charge in [-0.3, -0.25) is 9.59 Å². The molecule has 0 saturated heterocycles. The Bertz CT molecular complexity index is 781. The Balaban J connectivity index is 2.10. The largest absolute Gasteiger partial charge is 0.286 e. The number of carbonyl (C=O) groups excluding carboxylic acids is 2. The molecule has 0 saturated carbocycles. The summed E-state index contributed by atoms with van der Waals surface area (Å²) in [5.41, 5.74) is 4.28. The average Bonchev–Trinajstić information content (AvgIpc) is 2.91. The lowest BCUT2D eigenvalue weighted by Crippen LogP contribution is -2.16. The molecule has 0 heterocycles. The number of hydrogen-bond acceptors (Lipinski definition) is 2. The van der Waals surface area contributed by atoms with Gasteiger partial charge in [-0.05, 0) is 64.9 Å². The van der Waals surface area contributed by atoms with E-state index < -0.39 is 5.78 Å². The molecule has 0 atom stereocenters. The lowest BCUT2D eigenvalue weighted by Gasteiger charge is -2.14. The number of carbonyl (C=O) groups is 2. The molecule has 0 spiro atoms. The summed E-state index contributed by atoms with van der Waals surface area (Å²) in [7, 11) is 0. The molecule has 2 aliphatic rings. The van der Waals surface area contributed by atoms with Crippen LogP contribution in [-0.2, 0) is 17.6 Å². The standard InChI is InChI=1S/C17H12O2/c18-16-9-8-14-13-5-4-10-2-1-3-11(10)12(13)6-7-15(14)17(16)19/h4-9H,1-3H2. The smallest absolute Gasteiger partial charge is 0.233 e. The fraction of sp³-hybridized carbons (Fsp3) is 0.176. The molecule has 0 N–H and O–H groups in total. The molecule has 0 unspecified atom stereocenters. The van der Waals surface area contributed by atoms with Crippen molar-refractivity contribution in [2.75, 3.05) is 0 Å². The lowest BCUT2D eigenvalue weighted by molar-refractivity contribution is -0.110. The van der Waals surface area contributed by atoms with E-state index in [0.717, 1.165) is 23.8 Å². The Labute approximate surface area is 110 Å². The third-order valence-electron chi connectivity index (χ3n) is 4.19. The zero-order valence-corrected chi connectivity index (χ0v) is 10.4. The number of fused-ring (bicyclic) bond motifs is 5. The predicted molar refractivity (Wildman–Crippen MR) is 74.3 cm³/mol. The molecule has 2 aromatic rings. The van der Waals surface area contributed by atoms with E-state index in [0.29, 0.717) is 5.56 Å². The van der Waals surface area contributed by atoms with Gasteiger partial charge in [-0.1, -0.05) is 18.2 Å². The lowest BCUT2D eigenvalue weighted by atomic mass is 9.88. The Morgan fingerprint density at radius 3 is 2.58 bits per heavy atom. The minimum atomic E-state index is -0.423. The monoisotopic (exact) mass is 248 g/mol. The molecule has 4 rings (SSSR count). The van der Waals surface area contributed by atoms with Crippen molar-refractivity contribution in [3.8, 4) is 0 Å². The zero-order chi connectivity index (χ0) is 13.0. The molecule has 2 aromatic carbocycles. The molecule has 19 heavy (non-hydrogen) atoms. The van der Waals surface area contributed by atoms with Gasteiger partial charge >= 0.3 is 0 Å². The average molecular weight is 248 g/mol. The van der Waals surface area contributed by atoms with Crippen molar-refractivity contribution in [3.63, 3.8) is 0 Å². The maximum Gasteiger partial charge on any atom is 0.233 e. The van der Waals surface area contributed by atoms with Gasteiger partial charge in [0.25, 0.3) is 0 Å². The number of Topliss-reactive ketones (excluding diaryl/α,β-unsaturated/α-hetero) is 1. The summed E-state index contributed by atoms with van der Waals surface area (Å²) in [6, 6.07) is 8.06. The van der Waals surface area contributed by atoms with Crippen molar-refractivity contribution in [3.05, 3.63) is 52.6 Å². The van der Waals surface area contributed by atoms with Gasteiger partial charge in [0.15, 0.2) is 0 Å². The number of rotatable bonds is 0. The van der Waals surface area contributed by atoms with Crippen molar-refractivity contribution >= 4 is 28.4 Å². The summed E-state index contributed by atoms with van der Waals surface area (Å²) in [5, 5.41) is 2.33. The van der Waals surface area contributed by atoms with Crippen molar-refractivity contribution < 1.29 is 9.59 Å². The molecule has 2 heteroatoms. The van der Waals surface area contributed by atoms with Gasteiger partial charge in [0.1, 0.15) is 0 Å². The van der Waals surface area contributed by atoms with E-state index in [1.54, 1.807) is 12.1 Å². The highest BCUT2D eigenvalue weighted by Crippen LogP contribution is 2.34. The van der Waals surface area contributed by atoms with Crippen LogP contribution in [0.3, 0.4) is 0 Å². The first kappa shape index (κ1) is 10.7. The van der Waals surface area contributed by atoms with Crippen LogP contribution >= 0.6 is 0 Å². The van der Waals surface area contributed by atoms with Crippen LogP contribution in [0.4, 0.5) is 0 Å². The van der Waals surface area contributed by atoms with Crippen LogP contribution in [0.1, 0.15) is 33.5 Å². The summed E-state index contributed by atoms with van der Waals surface area (Å²) in [4.78, 5) is 23.3. The second kappa shape index (κ2) is 3.64. The molecule has 2 aliphatic carbocycles. The first-order valence-electron chi connectivity index (χ1n) is 6.60. The van der Waals surface area contributed by atoms with Gasteiger partial charge in [0, 0.05) is 5.56 Å². The Morgan fingerprint density at radius 2 is 1.68 bits per heavy atom. The van der Waals surface area contributed by atoms with Gasteiger partial charge < -0.3 is 0 Å². The predicted octanol–water partition coefficient (Wildman–Crippen LogP) is 3.11. The van der Waals surface area contributed by atoms with E-state index >= 15 is 0 Å². The van der Waals surface area contributed by atoms with Gasteiger partial charge in [0.2, 0.25) is 11.6 Å². The first-order chi connectivity index (χ1) is 9.25. The Hall–Kier alpha value is -2.22. The van der Waals surface area contributed by atoms with E-state index in [-0.39, 0.29) is 5.78 Å². The van der Waals surface area contributed by atoms with Crippen molar-refractivity contribution in [2.24, 2.45) is 0 Å². The van der Waals surface area contributed by atoms with E-state index in [2.05, 4.69) is 12.1 Å². The van der Waals surface area contributed by atoms with Crippen LogP contribution in [-0.4, -0.2) is 11.6 Å². The number of hydrogen-bond donors (Lipinski definition) is 0. The quantitative estimate of drug-likeness (QED) is 0.671.